The van der Waals surface area contributed by atoms with Crippen molar-refractivity contribution >= 4 is 16.0 Å². The van der Waals surface area contributed by atoms with Gasteiger partial charge in [0.15, 0.2) is 0 Å². The number of methoxy groups -OCH3 is 1. The van der Waals surface area contributed by atoms with Crippen LogP contribution in [0.5, 0.6) is 0 Å². The Bertz CT molecular complexity index is 462. The Morgan fingerprint density at radius 2 is 2.00 bits per heavy atom. The van der Waals surface area contributed by atoms with Crippen molar-refractivity contribution in [2.24, 2.45) is 0 Å². The maximum Gasteiger partial charge on any atom is 0.246 e. The molecule has 0 atom stereocenters. The van der Waals surface area contributed by atoms with Crippen LogP contribution in [0.4, 0.5) is 5.95 Å². The van der Waals surface area contributed by atoms with Gasteiger partial charge in [-0.1, -0.05) is 0 Å². The third-order valence-electron chi connectivity index (χ3n) is 2.18. The molecule has 1 aromatic rings. The molecule has 0 aliphatic rings. The summed E-state index contributed by atoms with van der Waals surface area (Å²) in [5.41, 5.74) is 5.29. The van der Waals surface area contributed by atoms with Gasteiger partial charge in [-0.05, 0) is 0 Å². The van der Waals surface area contributed by atoms with Crippen molar-refractivity contribution in [1.82, 2.24) is 14.3 Å². The molecule has 3 N–H and O–H groups in total. The van der Waals surface area contributed by atoms with Crippen LogP contribution in [0.3, 0.4) is 0 Å². The summed E-state index contributed by atoms with van der Waals surface area (Å²) in [5.74, 6) is -0.000417. The Balaban J connectivity index is 2.96. The van der Waals surface area contributed by atoms with E-state index in [1.54, 1.807) is 0 Å². The van der Waals surface area contributed by atoms with E-state index in [2.05, 4.69) is 9.97 Å². The number of ether oxygens (including phenoxy) is 1. The van der Waals surface area contributed by atoms with Gasteiger partial charge in [-0.25, -0.2) is 18.4 Å². The topological polar surface area (TPSA) is 119 Å². The first kappa shape index (κ1) is 14.8. The minimum Gasteiger partial charge on any atom is -0.395 e. The molecular formula is C9H16N4O4S. The quantitative estimate of drug-likeness (QED) is 0.634. The van der Waals surface area contributed by atoms with Crippen LogP contribution in [0.1, 0.15) is 0 Å². The minimum atomic E-state index is -3.74. The Hall–Kier alpha value is -1.29. The molecule has 0 amide bonds. The SMILES string of the molecule is COCCN(CCO)S(=O)(=O)c1cnc(N)nc1. The average Bonchev–Trinajstić information content (AvgIpc) is 2.35. The summed E-state index contributed by atoms with van der Waals surface area (Å²) in [6, 6.07) is 0. The molecule has 0 saturated heterocycles. The van der Waals surface area contributed by atoms with Gasteiger partial charge in [0.25, 0.3) is 0 Å². The molecule has 0 bridgehead atoms. The van der Waals surface area contributed by atoms with Gasteiger partial charge in [0, 0.05) is 20.2 Å². The van der Waals surface area contributed by atoms with Crippen molar-refractivity contribution in [1.29, 1.82) is 0 Å². The highest BCUT2D eigenvalue weighted by Crippen LogP contribution is 2.13. The second-order valence-corrected chi connectivity index (χ2v) is 5.34. The standard InChI is InChI=1S/C9H16N4O4S/c1-17-5-3-13(2-4-14)18(15,16)8-6-11-9(10)12-7-8/h6-7,14H,2-5H2,1H3,(H2,10,11,12). The van der Waals surface area contributed by atoms with E-state index in [0.29, 0.717) is 0 Å². The Labute approximate surface area is 105 Å². The van der Waals surface area contributed by atoms with Gasteiger partial charge in [-0.15, -0.1) is 0 Å². The van der Waals surface area contributed by atoms with E-state index >= 15 is 0 Å². The van der Waals surface area contributed by atoms with E-state index in [4.69, 9.17) is 15.6 Å². The lowest BCUT2D eigenvalue weighted by Crippen LogP contribution is -2.36. The van der Waals surface area contributed by atoms with Gasteiger partial charge in [0.2, 0.25) is 16.0 Å². The van der Waals surface area contributed by atoms with Gasteiger partial charge < -0.3 is 15.6 Å². The summed E-state index contributed by atoms with van der Waals surface area (Å²) in [6.45, 7) is 0.0771. The van der Waals surface area contributed by atoms with Crippen molar-refractivity contribution < 1.29 is 18.3 Å². The van der Waals surface area contributed by atoms with Crippen molar-refractivity contribution in [3.63, 3.8) is 0 Å². The number of aliphatic hydroxyl groups excluding tert-OH is 1. The summed E-state index contributed by atoms with van der Waals surface area (Å²) < 4.78 is 30.3. The number of rotatable bonds is 7. The number of aliphatic hydroxyl groups is 1. The monoisotopic (exact) mass is 276 g/mol. The number of anilines is 1. The average molecular weight is 276 g/mol. The zero-order chi connectivity index (χ0) is 13.6. The van der Waals surface area contributed by atoms with Crippen LogP contribution >= 0.6 is 0 Å². The predicted molar refractivity (Wildman–Crippen MR) is 64.2 cm³/mol. The normalized spacial score (nSPS) is 11.9. The van der Waals surface area contributed by atoms with E-state index in [1.165, 1.54) is 7.11 Å². The number of aromatic nitrogens is 2. The zero-order valence-corrected chi connectivity index (χ0v) is 10.8. The van der Waals surface area contributed by atoms with Crippen LogP contribution in [-0.2, 0) is 14.8 Å². The number of nitrogen functional groups attached to an aromatic ring is 1. The number of nitrogens with zero attached hydrogens (tertiary/aromatic N) is 3. The highest BCUT2D eigenvalue weighted by atomic mass is 32.2. The van der Waals surface area contributed by atoms with E-state index in [1.807, 2.05) is 0 Å². The van der Waals surface area contributed by atoms with Gasteiger partial charge in [0.05, 0.1) is 25.6 Å². The maximum absolute atomic E-state index is 12.2. The Morgan fingerprint density at radius 1 is 1.39 bits per heavy atom. The fraction of sp³-hybridized carbons (Fsp3) is 0.556. The number of sulfonamides is 1. The molecule has 0 unspecified atom stereocenters. The minimum absolute atomic E-state index is 0.000417. The zero-order valence-electron chi connectivity index (χ0n) is 9.98. The Morgan fingerprint density at radius 3 is 2.50 bits per heavy atom. The summed E-state index contributed by atoms with van der Waals surface area (Å²) in [6.07, 6.45) is 2.27. The summed E-state index contributed by atoms with van der Waals surface area (Å²) >= 11 is 0. The highest BCUT2D eigenvalue weighted by molar-refractivity contribution is 7.89. The lowest BCUT2D eigenvalue weighted by Gasteiger charge is -2.20. The first-order chi connectivity index (χ1) is 8.52. The first-order valence-electron chi connectivity index (χ1n) is 5.20. The third kappa shape index (κ3) is 3.60. The fourth-order valence-electron chi connectivity index (χ4n) is 1.27. The predicted octanol–water partition coefficient (Wildman–Crippen LogP) is -1.31. The molecule has 1 heterocycles. The van der Waals surface area contributed by atoms with Gasteiger partial charge in [0.1, 0.15) is 4.90 Å². The van der Waals surface area contributed by atoms with E-state index in [0.717, 1.165) is 16.7 Å². The fourth-order valence-corrected chi connectivity index (χ4v) is 2.57. The third-order valence-corrected chi connectivity index (χ3v) is 4.03. The molecule has 18 heavy (non-hydrogen) atoms. The van der Waals surface area contributed by atoms with Crippen LogP contribution in [-0.4, -0.2) is 61.2 Å². The molecule has 102 valence electrons. The highest BCUT2D eigenvalue weighted by Gasteiger charge is 2.24. The number of nitrogens with two attached hydrogens (primary N) is 1. The maximum atomic E-state index is 12.2. The molecule has 8 nitrogen and oxygen atoms in total. The lowest BCUT2D eigenvalue weighted by atomic mass is 10.6. The number of hydrogen-bond acceptors (Lipinski definition) is 7. The van der Waals surface area contributed by atoms with E-state index < -0.39 is 10.0 Å². The van der Waals surface area contributed by atoms with Crippen molar-refractivity contribution in [3.8, 4) is 0 Å². The lowest BCUT2D eigenvalue weighted by molar-refractivity contribution is 0.168. The largest absolute Gasteiger partial charge is 0.395 e. The molecule has 0 aliphatic carbocycles. The van der Waals surface area contributed by atoms with Crippen LogP contribution in [0.25, 0.3) is 0 Å². The second-order valence-electron chi connectivity index (χ2n) is 3.40. The molecule has 0 spiro atoms. The molecule has 0 fully saturated rings. The molecule has 0 aliphatic heterocycles. The molecule has 0 radical (unpaired) electrons. The van der Waals surface area contributed by atoms with Gasteiger partial charge >= 0.3 is 0 Å². The van der Waals surface area contributed by atoms with Crippen LogP contribution < -0.4 is 5.73 Å². The second kappa shape index (κ2) is 6.59. The summed E-state index contributed by atoms with van der Waals surface area (Å²) in [7, 11) is -2.27. The smallest absolute Gasteiger partial charge is 0.246 e. The molecule has 1 rings (SSSR count). The number of hydrogen-bond donors (Lipinski definition) is 2. The van der Waals surface area contributed by atoms with Crippen LogP contribution in [0.2, 0.25) is 0 Å². The van der Waals surface area contributed by atoms with Gasteiger partial charge in [-0.2, -0.15) is 4.31 Å². The van der Waals surface area contributed by atoms with E-state index in [9.17, 15) is 8.42 Å². The summed E-state index contributed by atoms with van der Waals surface area (Å²) in [4.78, 5) is 7.20. The molecule has 1 aromatic heterocycles. The van der Waals surface area contributed by atoms with Crippen molar-refractivity contribution in [2.45, 2.75) is 4.90 Å². The summed E-state index contributed by atoms with van der Waals surface area (Å²) in [5, 5.41) is 8.89. The van der Waals surface area contributed by atoms with Crippen molar-refractivity contribution in [3.05, 3.63) is 12.4 Å². The molecule has 9 heteroatoms. The molecule has 0 saturated carbocycles. The molecular weight excluding hydrogens is 260 g/mol. The van der Waals surface area contributed by atoms with Crippen LogP contribution in [0.15, 0.2) is 17.3 Å². The van der Waals surface area contributed by atoms with Crippen LogP contribution in [0, 0.1) is 0 Å². The van der Waals surface area contributed by atoms with Crippen molar-refractivity contribution in [2.75, 3.05) is 39.1 Å². The van der Waals surface area contributed by atoms with E-state index in [-0.39, 0.29) is 37.1 Å². The Kier molecular flexibility index (Phi) is 5.41. The first-order valence-corrected chi connectivity index (χ1v) is 6.64. The van der Waals surface area contributed by atoms with Gasteiger partial charge in [-0.3, -0.25) is 0 Å². The molecule has 0 aromatic carbocycles.